The molecule has 0 bridgehead atoms. The van der Waals surface area contributed by atoms with E-state index in [4.69, 9.17) is 4.74 Å². The Labute approximate surface area is 115 Å². The number of nitrogens with zero attached hydrogens (tertiary/aromatic N) is 3. The third-order valence-corrected chi connectivity index (χ3v) is 3.62. The summed E-state index contributed by atoms with van der Waals surface area (Å²) in [6.45, 7) is 10.2. The van der Waals surface area contributed by atoms with Crippen molar-refractivity contribution in [1.82, 2.24) is 20.1 Å². The molecule has 19 heavy (non-hydrogen) atoms. The Morgan fingerprint density at radius 3 is 3.11 bits per heavy atom. The topological polar surface area (TPSA) is 52.0 Å². The third kappa shape index (κ3) is 4.01. The van der Waals surface area contributed by atoms with Crippen LogP contribution in [-0.2, 0) is 17.7 Å². The zero-order valence-electron chi connectivity index (χ0n) is 12.3. The van der Waals surface area contributed by atoms with Crippen LogP contribution in [0.4, 0.5) is 0 Å². The smallest absolute Gasteiger partial charge is 0.138 e. The van der Waals surface area contributed by atoms with Gasteiger partial charge in [-0.05, 0) is 18.9 Å². The van der Waals surface area contributed by atoms with Crippen LogP contribution in [0.1, 0.15) is 33.0 Å². The van der Waals surface area contributed by atoms with Gasteiger partial charge in [0.1, 0.15) is 12.2 Å². The summed E-state index contributed by atoms with van der Waals surface area (Å²) in [5.74, 6) is 2.18. The molecule has 1 saturated heterocycles. The van der Waals surface area contributed by atoms with E-state index in [9.17, 15) is 0 Å². The maximum absolute atomic E-state index is 5.63. The van der Waals surface area contributed by atoms with Crippen molar-refractivity contribution in [3.8, 4) is 0 Å². The summed E-state index contributed by atoms with van der Waals surface area (Å²) < 4.78 is 7.67. The molecule has 5 heteroatoms. The highest BCUT2D eigenvalue weighted by Crippen LogP contribution is 2.19. The highest BCUT2D eigenvalue weighted by atomic mass is 16.5. The minimum Gasteiger partial charge on any atom is -0.381 e. The van der Waals surface area contributed by atoms with E-state index in [1.54, 1.807) is 6.33 Å². The lowest BCUT2D eigenvalue weighted by Crippen LogP contribution is -2.44. The van der Waals surface area contributed by atoms with Gasteiger partial charge >= 0.3 is 0 Å². The van der Waals surface area contributed by atoms with Crippen LogP contribution in [-0.4, -0.2) is 40.6 Å². The second kappa shape index (κ2) is 7.01. The molecule has 1 aliphatic rings. The fraction of sp³-hybridized carbons (Fsp3) is 0.857. The van der Waals surface area contributed by atoms with Crippen LogP contribution < -0.4 is 5.32 Å². The Morgan fingerprint density at radius 2 is 2.37 bits per heavy atom. The zero-order chi connectivity index (χ0) is 13.7. The Morgan fingerprint density at radius 1 is 1.53 bits per heavy atom. The molecule has 2 rings (SSSR count). The predicted octanol–water partition coefficient (Wildman–Crippen LogP) is 1.49. The van der Waals surface area contributed by atoms with E-state index in [0.717, 1.165) is 45.0 Å². The van der Waals surface area contributed by atoms with Gasteiger partial charge < -0.3 is 10.1 Å². The first kappa shape index (κ1) is 14.5. The number of aromatic nitrogens is 3. The van der Waals surface area contributed by atoms with E-state index in [1.807, 2.05) is 4.68 Å². The normalized spacial score (nSPS) is 24.0. The molecule has 1 aromatic heterocycles. The van der Waals surface area contributed by atoms with Gasteiger partial charge in [-0.25, -0.2) is 9.67 Å². The van der Waals surface area contributed by atoms with Gasteiger partial charge in [-0.15, -0.1) is 0 Å². The standard InChI is InChI=1S/C14H26N4O/c1-4-15-13-5-6-19-9-12(13)7-14-16-10-17-18(14)8-11(2)3/h10-13,15H,4-9H2,1-3H3. The Bertz CT molecular complexity index is 375. The van der Waals surface area contributed by atoms with Gasteiger partial charge in [-0.2, -0.15) is 5.10 Å². The summed E-state index contributed by atoms with van der Waals surface area (Å²) in [5, 5.41) is 7.91. The fourth-order valence-corrected chi connectivity index (χ4v) is 2.71. The molecule has 2 heterocycles. The van der Waals surface area contributed by atoms with Crippen LogP contribution in [0.5, 0.6) is 0 Å². The summed E-state index contributed by atoms with van der Waals surface area (Å²) in [6.07, 6.45) is 3.71. The Balaban J connectivity index is 2.00. The summed E-state index contributed by atoms with van der Waals surface area (Å²) in [7, 11) is 0. The van der Waals surface area contributed by atoms with Crippen molar-refractivity contribution in [3.05, 3.63) is 12.2 Å². The molecule has 0 spiro atoms. The van der Waals surface area contributed by atoms with Crippen molar-refractivity contribution in [3.63, 3.8) is 0 Å². The first-order valence-electron chi connectivity index (χ1n) is 7.38. The molecular weight excluding hydrogens is 240 g/mol. The van der Waals surface area contributed by atoms with Gasteiger partial charge in [-0.1, -0.05) is 20.8 Å². The average molecular weight is 266 g/mol. The minimum absolute atomic E-state index is 0.504. The number of hydrogen-bond donors (Lipinski definition) is 1. The molecule has 1 fully saturated rings. The lowest BCUT2D eigenvalue weighted by atomic mass is 9.92. The lowest BCUT2D eigenvalue weighted by Gasteiger charge is -2.32. The average Bonchev–Trinajstić information content (AvgIpc) is 2.79. The first-order valence-corrected chi connectivity index (χ1v) is 7.38. The summed E-state index contributed by atoms with van der Waals surface area (Å²) in [6, 6.07) is 0.544. The molecule has 0 amide bonds. The van der Waals surface area contributed by atoms with Crippen molar-refractivity contribution < 1.29 is 4.74 Å². The van der Waals surface area contributed by atoms with Crippen molar-refractivity contribution in [1.29, 1.82) is 0 Å². The maximum Gasteiger partial charge on any atom is 0.138 e. The third-order valence-electron chi connectivity index (χ3n) is 3.62. The number of rotatable bonds is 6. The summed E-state index contributed by atoms with van der Waals surface area (Å²) in [5.41, 5.74) is 0. The van der Waals surface area contributed by atoms with Crippen LogP contribution in [0.15, 0.2) is 6.33 Å². The molecule has 5 nitrogen and oxygen atoms in total. The molecule has 1 aliphatic heterocycles. The summed E-state index contributed by atoms with van der Waals surface area (Å²) >= 11 is 0. The van der Waals surface area contributed by atoms with Crippen molar-refractivity contribution in [2.75, 3.05) is 19.8 Å². The number of nitrogens with one attached hydrogen (secondary N) is 1. The molecule has 0 radical (unpaired) electrons. The second-order valence-electron chi connectivity index (χ2n) is 5.74. The van der Waals surface area contributed by atoms with Crippen LogP contribution in [0.25, 0.3) is 0 Å². The molecule has 2 unspecified atom stereocenters. The second-order valence-corrected chi connectivity index (χ2v) is 5.74. The summed E-state index contributed by atoms with van der Waals surface area (Å²) in [4.78, 5) is 4.43. The van der Waals surface area contributed by atoms with Gasteiger partial charge in [-0.3, -0.25) is 0 Å². The maximum atomic E-state index is 5.63. The van der Waals surface area contributed by atoms with Gasteiger partial charge in [0, 0.05) is 31.5 Å². The molecule has 1 N–H and O–H groups in total. The van der Waals surface area contributed by atoms with Gasteiger partial charge in [0.15, 0.2) is 0 Å². The van der Waals surface area contributed by atoms with E-state index < -0.39 is 0 Å². The largest absolute Gasteiger partial charge is 0.381 e. The monoisotopic (exact) mass is 266 g/mol. The van der Waals surface area contributed by atoms with E-state index in [1.165, 1.54) is 0 Å². The van der Waals surface area contributed by atoms with E-state index in [2.05, 4.69) is 36.2 Å². The SMILES string of the molecule is CCNC1CCOCC1Cc1ncnn1CC(C)C. The molecule has 0 aliphatic carbocycles. The zero-order valence-corrected chi connectivity index (χ0v) is 12.3. The minimum atomic E-state index is 0.504. The fourth-order valence-electron chi connectivity index (χ4n) is 2.71. The van der Waals surface area contributed by atoms with Crippen LogP contribution >= 0.6 is 0 Å². The Hall–Kier alpha value is -0.940. The Kier molecular flexibility index (Phi) is 5.34. The van der Waals surface area contributed by atoms with Gasteiger partial charge in [0.25, 0.3) is 0 Å². The molecule has 0 aromatic carbocycles. The van der Waals surface area contributed by atoms with E-state index >= 15 is 0 Å². The highest BCUT2D eigenvalue weighted by Gasteiger charge is 2.26. The van der Waals surface area contributed by atoms with E-state index in [0.29, 0.717) is 17.9 Å². The number of ether oxygens (including phenoxy) is 1. The highest BCUT2D eigenvalue weighted by molar-refractivity contribution is 4.92. The molecule has 108 valence electrons. The molecule has 0 saturated carbocycles. The van der Waals surface area contributed by atoms with Crippen LogP contribution in [0, 0.1) is 11.8 Å². The molecular formula is C14H26N4O. The van der Waals surface area contributed by atoms with Crippen LogP contribution in [0.3, 0.4) is 0 Å². The lowest BCUT2D eigenvalue weighted by molar-refractivity contribution is 0.0315. The number of hydrogen-bond acceptors (Lipinski definition) is 4. The quantitative estimate of drug-likeness (QED) is 0.847. The van der Waals surface area contributed by atoms with Gasteiger partial charge in [0.05, 0.1) is 6.61 Å². The van der Waals surface area contributed by atoms with Crippen molar-refractivity contribution >= 4 is 0 Å². The van der Waals surface area contributed by atoms with Crippen molar-refractivity contribution in [2.45, 2.75) is 46.2 Å². The molecule has 2 atom stereocenters. The van der Waals surface area contributed by atoms with Crippen molar-refractivity contribution in [2.24, 2.45) is 11.8 Å². The predicted molar refractivity (Wildman–Crippen MR) is 75.0 cm³/mol. The van der Waals surface area contributed by atoms with E-state index in [-0.39, 0.29) is 0 Å². The van der Waals surface area contributed by atoms with Gasteiger partial charge in [0.2, 0.25) is 0 Å². The van der Waals surface area contributed by atoms with Crippen LogP contribution in [0.2, 0.25) is 0 Å². The first-order chi connectivity index (χ1) is 9.20. The molecule has 1 aromatic rings.